The molecule has 2 heteroatoms. The summed E-state index contributed by atoms with van der Waals surface area (Å²) < 4.78 is 0. The molecule has 4 rings (SSSR count). The summed E-state index contributed by atoms with van der Waals surface area (Å²) in [5.74, 6) is 0. The van der Waals surface area contributed by atoms with Gasteiger partial charge in [-0.15, -0.1) is 0 Å². The first-order valence-electron chi connectivity index (χ1n) is 12.3. The van der Waals surface area contributed by atoms with Crippen LogP contribution in [-0.4, -0.2) is 34.7 Å². The fourth-order valence-corrected chi connectivity index (χ4v) is 5.20. The van der Waals surface area contributed by atoms with Crippen molar-refractivity contribution in [3.05, 3.63) is 108 Å². The van der Waals surface area contributed by atoms with Crippen molar-refractivity contribution in [3.8, 4) is 0 Å². The molecule has 168 valence electrons. The van der Waals surface area contributed by atoms with Crippen molar-refractivity contribution in [2.24, 2.45) is 0 Å². The second-order valence-electron chi connectivity index (χ2n) is 9.38. The van der Waals surface area contributed by atoms with Gasteiger partial charge in [0.2, 0.25) is 0 Å². The molecule has 0 bridgehead atoms. The third-order valence-corrected chi connectivity index (χ3v) is 7.10. The summed E-state index contributed by atoms with van der Waals surface area (Å²) in [6.45, 7) is 2.19. The predicted molar refractivity (Wildman–Crippen MR) is 134 cm³/mol. The molecule has 0 aliphatic carbocycles. The molecule has 1 aliphatic rings. The van der Waals surface area contributed by atoms with Crippen LogP contribution in [0.4, 0.5) is 0 Å². The number of aryl methyl sites for hydroxylation is 2. The van der Waals surface area contributed by atoms with Crippen LogP contribution in [0.3, 0.4) is 0 Å². The maximum Gasteiger partial charge on any atom is 0.0811 e. The minimum Gasteiger partial charge on any atom is -0.388 e. The summed E-state index contributed by atoms with van der Waals surface area (Å²) >= 11 is 0. The molecular weight excluding hydrogens is 390 g/mol. The Balaban J connectivity index is 1.60. The third-order valence-electron chi connectivity index (χ3n) is 7.10. The fourth-order valence-electron chi connectivity index (χ4n) is 5.20. The lowest BCUT2D eigenvalue weighted by Gasteiger charge is -2.45. The molecule has 1 atom stereocenters. The molecule has 0 amide bonds. The SMILES string of the molecule is OC(CCc1ccccc1)(CCc1ccccc1)[C@@H](Cc1ccccc1)N1CCCCC1. The lowest BCUT2D eigenvalue weighted by Crippen LogP contribution is -2.56. The molecule has 3 aromatic carbocycles. The first kappa shape index (κ1) is 22.8. The van der Waals surface area contributed by atoms with E-state index in [0.29, 0.717) is 0 Å². The molecule has 3 aromatic rings. The summed E-state index contributed by atoms with van der Waals surface area (Å²) in [4.78, 5) is 2.59. The minimum atomic E-state index is -0.737. The van der Waals surface area contributed by atoms with Crippen LogP contribution in [0.1, 0.15) is 48.8 Å². The summed E-state index contributed by atoms with van der Waals surface area (Å²) in [7, 11) is 0. The Morgan fingerprint density at radius 1 is 0.625 bits per heavy atom. The van der Waals surface area contributed by atoms with Crippen molar-refractivity contribution < 1.29 is 5.11 Å². The number of rotatable bonds is 10. The Hall–Kier alpha value is -2.42. The summed E-state index contributed by atoms with van der Waals surface area (Å²) in [5.41, 5.74) is 3.20. The van der Waals surface area contributed by atoms with E-state index in [9.17, 15) is 5.11 Å². The molecule has 32 heavy (non-hydrogen) atoms. The Morgan fingerprint density at radius 3 is 1.53 bits per heavy atom. The summed E-state index contributed by atoms with van der Waals surface area (Å²) in [6.07, 6.45) is 8.08. The summed E-state index contributed by atoms with van der Waals surface area (Å²) in [6, 6.07) is 32.2. The van der Waals surface area contributed by atoms with Crippen molar-refractivity contribution in [3.63, 3.8) is 0 Å². The van der Waals surface area contributed by atoms with E-state index in [1.165, 1.54) is 36.0 Å². The molecule has 0 aromatic heterocycles. The van der Waals surface area contributed by atoms with Crippen LogP contribution < -0.4 is 0 Å². The molecule has 1 fully saturated rings. The van der Waals surface area contributed by atoms with Gasteiger partial charge in [-0.3, -0.25) is 4.90 Å². The van der Waals surface area contributed by atoms with E-state index < -0.39 is 5.60 Å². The lowest BCUT2D eigenvalue weighted by molar-refractivity contribution is -0.0646. The number of hydrogen-bond donors (Lipinski definition) is 1. The fraction of sp³-hybridized carbons (Fsp3) is 0.400. The molecule has 0 spiro atoms. The van der Waals surface area contributed by atoms with Crippen LogP contribution in [0.2, 0.25) is 0 Å². The molecule has 2 nitrogen and oxygen atoms in total. The Morgan fingerprint density at radius 2 is 1.06 bits per heavy atom. The molecule has 0 radical (unpaired) electrons. The Bertz CT molecular complexity index is 860. The normalized spacial score (nSPS) is 16.0. The van der Waals surface area contributed by atoms with E-state index in [1.54, 1.807) is 0 Å². The monoisotopic (exact) mass is 427 g/mol. The molecule has 1 aliphatic heterocycles. The predicted octanol–water partition coefficient (Wildman–Crippen LogP) is 6.08. The van der Waals surface area contributed by atoms with Crippen molar-refractivity contribution in [2.75, 3.05) is 13.1 Å². The molecule has 1 N–H and O–H groups in total. The van der Waals surface area contributed by atoms with Gasteiger partial charge in [-0.1, -0.05) is 97.4 Å². The van der Waals surface area contributed by atoms with E-state index in [4.69, 9.17) is 0 Å². The number of nitrogens with zero attached hydrogens (tertiary/aromatic N) is 1. The first-order valence-corrected chi connectivity index (χ1v) is 12.3. The number of piperidine rings is 1. The number of benzene rings is 3. The zero-order valence-corrected chi connectivity index (χ0v) is 19.2. The largest absolute Gasteiger partial charge is 0.388 e. The van der Waals surface area contributed by atoms with Gasteiger partial charge in [0.15, 0.2) is 0 Å². The maximum atomic E-state index is 12.4. The van der Waals surface area contributed by atoms with E-state index in [0.717, 1.165) is 45.2 Å². The zero-order valence-electron chi connectivity index (χ0n) is 19.2. The van der Waals surface area contributed by atoms with Crippen LogP contribution in [-0.2, 0) is 19.3 Å². The highest BCUT2D eigenvalue weighted by Gasteiger charge is 2.40. The highest BCUT2D eigenvalue weighted by molar-refractivity contribution is 5.20. The van der Waals surface area contributed by atoms with Crippen molar-refractivity contribution in [1.29, 1.82) is 0 Å². The van der Waals surface area contributed by atoms with Gasteiger partial charge in [-0.05, 0) is 74.7 Å². The molecule has 0 saturated carbocycles. The summed E-state index contributed by atoms with van der Waals surface area (Å²) in [5, 5.41) is 12.4. The second kappa shape index (κ2) is 11.4. The minimum absolute atomic E-state index is 0.137. The standard InChI is InChI=1S/C30H37NO/c32-30(21-19-26-13-5-1-6-14-26,22-20-27-15-7-2-8-16-27)29(31-23-11-4-12-24-31)25-28-17-9-3-10-18-28/h1-3,5-10,13-18,29,32H,4,11-12,19-25H2/t29-/m1/s1. The number of hydrogen-bond acceptors (Lipinski definition) is 2. The molecule has 0 unspecified atom stereocenters. The van der Waals surface area contributed by atoms with Gasteiger partial charge in [0.1, 0.15) is 0 Å². The quantitative estimate of drug-likeness (QED) is 0.424. The highest BCUT2D eigenvalue weighted by Crippen LogP contribution is 2.32. The molecular formula is C30H37NO. The smallest absolute Gasteiger partial charge is 0.0811 e. The van der Waals surface area contributed by atoms with Crippen LogP contribution in [0.25, 0.3) is 0 Å². The van der Waals surface area contributed by atoms with Crippen molar-refractivity contribution >= 4 is 0 Å². The van der Waals surface area contributed by atoms with Gasteiger partial charge in [-0.25, -0.2) is 0 Å². The number of aliphatic hydroxyl groups is 1. The second-order valence-corrected chi connectivity index (χ2v) is 9.38. The molecule has 1 heterocycles. The van der Waals surface area contributed by atoms with Gasteiger partial charge in [-0.2, -0.15) is 0 Å². The van der Waals surface area contributed by atoms with Crippen LogP contribution >= 0.6 is 0 Å². The van der Waals surface area contributed by atoms with E-state index >= 15 is 0 Å². The average Bonchev–Trinajstić information content (AvgIpc) is 2.87. The Labute approximate surface area is 193 Å². The lowest BCUT2D eigenvalue weighted by atomic mass is 9.78. The van der Waals surface area contributed by atoms with Crippen LogP contribution in [0.15, 0.2) is 91.0 Å². The topological polar surface area (TPSA) is 23.5 Å². The van der Waals surface area contributed by atoms with E-state index in [-0.39, 0.29) is 6.04 Å². The van der Waals surface area contributed by atoms with Gasteiger partial charge in [0.05, 0.1) is 5.60 Å². The number of likely N-dealkylation sites (tertiary alicyclic amines) is 1. The van der Waals surface area contributed by atoms with Gasteiger partial charge in [0, 0.05) is 6.04 Å². The van der Waals surface area contributed by atoms with E-state index in [2.05, 4.69) is 95.9 Å². The van der Waals surface area contributed by atoms with E-state index in [1.807, 2.05) is 0 Å². The van der Waals surface area contributed by atoms with Gasteiger partial charge in [0.25, 0.3) is 0 Å². The highest BCUT2D eigenvalue weighted by atomic mass is 16.3. The van der Waals surface area contributed by atoms with Crippen LogP contribution in [0, 0.1) is 0 Å². The van der Waals surface area contributed by atoms with Crippen molar-refractivity contribution in [1.82, 2.24) is 4.90 Å². The molecule has 1 saturated heterocycles. The zero-order chi connectivity index (χ0) is 22.1. The average molecular weight is 428 g/mol. The third kappa shape index (κ3) is 6.31. The first-order chi connectivity index (χ1) is 15.7. The maximum absolute atomic E-state index is 12.4. The van der Waals surface area contributed by atoms with Gasteiger partial charge >= 0.3 is 0 Å². The van der Waals surface area contributed by atoms with Crippen LogP contribution in [0.5, 0.6) is 0 Å². The van der Waals surface area contributed by atoms with Gasteiger partial charge < -0.3 is 5.11 Å². The Kier molecular flexibility index (Phi) is 8.14. The van der Waals surface area contributed by atoms with Crippen molar-refractivity contribution in [2.45, 2.75) is 63.0 Å².